The molecule has 1 aliphatic rings. The van der Waals surface area contributed by atoms with Gasteiger partial charge in [-0.2, -0.15) is 0 Å². The van der Waals surface area contributed by atoms with Gasteiger partial charge in [-0.15, -0.1) is 0 Å². The highest BCUT2D eigenvalue weighted by molar-refractivity contribution is 5.26. The summed E-state index contributed by atoms with van der Waals surface area (Å²) in [5.41, 5.74) is 9.02. The minimum Gasteiger partial charge on any atom is -0.326 e. The lowest BCUT2D eigenvalue weighted by atomic mass is 9.94. The van der Waals surface area contributed by atoms with Crippen molar-refractivity contribution in [3.05, 3.63) is 35.4 Å². The van der Waals surface area contributed by atoms with Crippen LogP contribution in [-0.4, -0.2) is 23.5 Å². The highest BCUT2D eigenvalue weighted by Gasteiger charge is 2.34. The van der Waals surface area contributed by atoms with Crippen molar-refractivity contribution in [1.29, 1.82) is 0 Å². The molecule has 2 rings (SSSR count). The van der Waals surface area contributed by atoms with Gasteiger partial charge in [0.1, 0.15) is 0 Å². The second-order valence-electron chi connectivity index (χ2n) is 6.41. The second kappa shape index (κ2) is 6.06. The van der Waals surface area contributed by atoms with E-state index in [1.807, 2.05) is 0 Å². The Morgan fingerprint density at radius 3 is 2.58 bits per heavy atom. The predicted octanol–water partition coefficient (Wildman–Crippen LogP) is 3.50. The molecule has 0 bridgehead atoms. The van der Waals surface area contributed by atoms with Crippen LogP contribution in [0.1, 0.15) is 50.8 Å². The fourth-order valence-corrected chi connectivity index (χ4v) is 3.53. The molecule has 3 atom stereocenters. The summed E-state index contributed by atoms with van der Waals surface area (Å²) in [6.45, 7) is 10.1. The molecule has 2 heteroatoms. The van der Waals surface area contributed by atoms with Crippen molar-refractivity contribution in [2.45, 2.75) is 58.7 Å². The van der Waals surface area contributed by atoms with Gasteiger partial charge in [0, 0.05) is 18.1 Å². The summed E-state index contributed by atoms with van der Waals surface area (Å²) >= 11 is 0. The molecule has 1 aromatic rings. The lowest BCUT2D eigenvalue weighted by molar-refractivity contribution is 0.130. The maximum atomic E-state index is 6.32. The number of rotatable bonds is 4. The van der Waals surface area contributed by atoms with E-state index >= 15 is 0 Å². The maximum Gasteiger partial charge on any atom is 0.0499 e. The van der Waals surface area contributed by atoms with Crippen molar-refractivity contribution < 1.29 is 0 Å². The molecule has 0 amide bonds. The van der Waals surface area contributed by atoms with Gasteiger partial charge in [0.25, 0.3) is 0 Å². The van der Waals surface area contributed by atoms with Crippen LogP contribution < -0.4 is 5.73 Å². The fourth-order valence-electron chi connectivity index (χ4n) is 3.53. The molecule has 106 valence electrons. The fraction of sp³-hybridized carbons (Fsp3) is 0.647. The number of hydrogen-bond donors (Lipinski definition) is 1. The van der Waals surface area contributed by atoms with Gasteiger partial charge in [0.05, 0.1) is 0 Å². The zero-order valence-electron chi connectivity index (χ0n) is 12.8. The summed E-state index contributed by atoms with van der Waals surface area (Å²) in [5, 5.41) is 0. The van der Waals surface area contributed by atoms with Crippen molar-refractivity contribution in [1.82, 2.24) is 4.90 Å². The molecule has 0 saturated carbocycles. The Hall–Kier alpha value is -0.860. The molecular weight excluding hydrogens is 232 g/mol. The van der Waals surface area contributed by atoms with Gasteiger partial charge in [-0.3, -0.25) is 4.90 Å². The van der Waals surface area contributed by atoms with Crippen LogP contribution in [0.5, 0.6) is 0 Å². The van der Waals surface area contributed by atoms with Crippen LogP contribution in [0.25, 0.3) is 0 Å². The van der Waals surface area contributed by atoms with E-state index in [4.69, 9.17) is 5.73 Å². The summed E-state index contributed by atoms with van der Waals surface area (Å²) in [6, 6.07) is 10.0. The van der Waals surface area contributed by atoms with E-state index in [0.717, 1.165) is 0 Å². The van der Waals surface area contributed by atoms with Gasteiger partial charge in [-0.05, 0) is 44.7 Å². The molecule has 2 nitrogen and oxygen atoms in total. The normalized spacial score (nSPS) is 23.8. The minimum atomic E-state index is 0.168. The molecular formula is C17H28N2. The number of likely N-dealkylation sites (tertiary alicyclic amines) is 1. The van der Waals surface area contributed by atoms with E-state index < -0.39 is 0 Å². The third kappa shape index (κ3) is 3.18. The summed E-state index contributed by atoms with van der Waals surface area (Å²) < 4.78 is 0. The summed E-state index contributed by atoms with van der Waals surface area (Å²) in [6.07, 6.45) is 2.62. The summed E-state index contributed by atoms with van der Waals surface area (Å²) in [4.78, 5) is 2.64. The third-order valence-electron chi connectivity index (χ3n) is 4.35. The first-order chi connectivity index (χ1) is 9.00. The predicted molar refractivity (Wildman–Crippen MR) is 82.1 cm³/mol. The van der Waals surface area contributed by atoms with E-state index in [1.165, 1.54) is 30.5 Å². The molecule has 1 saturated heterocycles. The van der Waals surface area contributed by atoms with Crippen LogP contribution in [0.15, 0.2) is 24.3 Å². The first kappa shape index (κ1) is 14.5. The Kier molecular flexibility index (Phi) is 4.64. The van der Waals surface area contributed by atoms with Crippen molar-refractivity contribution >= 4 is 0 Å². The van der Waals surface area contributed by atoms with Crippen LogP contribution >= 0.6 is 0 Å². The molecule has 1 heterocycles. The van der Waals surface area contributed by atoms with Crippen LogP contribution in [0.4, 0.5) is 0 Å². The molecule has 2 N–H and O–H groups in total. The van der Waals surface area contributed by atoms with Crippen molar-refractivity contribution in [2.75, 3.05) is 6.54 Å². The number of aryl methyl sites for hydroxylation is 1. The number of nitrogens with two attached hydrogens (primary N) is 1. The van der Waals surface area contributed by atoms with Crippen LogP contribution in [0, 0.1) is 12.8 Å². The lowest BCUT2D eigenvalue weighted by Crippen LogP contribution is -2.44. The SMILES string of the molecule is Cc1cccc(C(C(C)N)N2CCCC2C(C)C)c1. The average molecular weight is 260 g/mol. The molecule has 3 unspecified atom stereocenters. The van der Waals surface area contributed by atoms with E-state index in [-0.39, 0.29) is 6.04 Å². The molecule has 1 aromatic carbocycles. The summed E-state index contributed by atoms with van der Waals surface area (Å²) in [7, 11) is 0. The highest BCUT2D eigenvalue weighted by Crippen LogP contribution is 2.34. The molecule has 1 fully saturated rings. The smallest absolute Gasteiger partial charge is 0.0499 e. The maximum absolute atomic E-state index is 6.32. The summed E-state index contributed by atoms with van der Waals surface area (Å²) in [5.74, 6) is 0.702. The van der Waals surface area contributed by atoms with E-state index in [9.17, 15) is 0 Å². The number of benzene rings is 1. The minimum absolute atomic E-state index is 0.168. The Labute approximate surface area is 118 Å². The quantitative estimate of drug-likeness (QED) is 0.897. The van der Waals surface area contributed by atoms with Crippen LogP contribution in [0.2, 0.25) is 0 Å². The van der Waals surface area contributed by atoms with Gasteiger partial charge in [-0.1, -0.05) is 43.7 Å². The molecule has 0 aromatic heterocycles. The van der Waals surface area contributed by atoms with Crippen molar-refractivity contribution in [3.63, 3.8) is 0 Å². The van der Waals surface area contributed by atoms with Gasteiger partial charge < -0.3 is 5.73 Å². The Morgan fingerprint density at radius 2 is 2.00 bits per heavy atom. The van der Waals surface area contributed by atoms with Gasteiger partial charge >= 0.3 is 0 Å². The molecule has 1 aliphatic heterocycles. The van der Waals surface area contributed by atoms with Gasteiger partial charge in [0.2, 0.25) is 0 Å². The highest BCUT2D eigenvalue weighted by atomic mass is 15.2. The third-order valence-corrected chi connectivity index (χ3v) is 4.35. The Morgan fingerprint density at radius 1 is 1.26 bits per heavy atom. The molecule has 0 radical (unpaired) electrons. The van der Waals surface area contributed by atoms with E-state index in [1.54, 1.807) is 0 Å². The average Bonchev–Trinajstić information content (AvgIpc) is 2.78. The molecule has 0 aliphatic carbocycles. The van der Waals surface area contributed by atoms with Crippen LogP contribution in [0.3, 0.4) is 0 Å². The standard InChI is InChI=1S/C17H28N2/c1-12(2)16-9-6-10-19(16)17(14(4)18)15-8-5-7-13(3)11-15/h5,7-8,11-12,14,16-17H,6,9-10,18H2,1-4H3. The van der Waals surface area contributed by atoms with Crippen LogP contribution in [-0.2, 0) is 0 Å². The van der Waals surface area contributed by atoms with Crippen molar-refractivity contribution in [3.8, 4) is 0 Å². The number of hydrogen-bond acceptors (Lipinski definition) is 2. The zero-order chi connectivity index (χ0) is 14.0. The topological polar surface area (TPSA) is 29.3 Å². The van der Waals surface area contributed by atoms with Gasteiger partial charge in [0.15, 0.2) is 0 Å². The molecule has 19 heavy (non-hydrogen) atoms. The largest absolute Gasteiger partial charge is 0.326 e. The first-order valence-corrected chi connectivity index (χ1v) is 7.58. The second-order valence-corrected chi connectivity index (χ2v) is 6.41. The number of nitrogens with zero attached hydrogens (tertiary/aromatic N) is 1. The monoisotopic (exact) mass is 260 g/mol. The lowest BCUT2D eigenvalue weighted by Gasteiger charge is -2.37. The van der Waals surface area contributed by atoms with E-state index in [0.29, 0.717) is 18.0 Å². The Balaban J connectivity index is 2.30. The van der Waals surface area contributed by atoms with E-state index in [2.05, 4.69) is 56.9 Å². The Bertz CT molecular complexity index is 411. The first-order valence-electron chi connectivity index (χ1n) is 7.58. The zero-order valence-corrected chi connectivity index (χ0v) is 12.8. The van der Waals surface area contributed by atoms with Gasteiger partial charge in [-0.25, -0.2) is 0 Å². The molecule has 0 spiro atoms. The van der Waals surface area contributed by atoms with Crippen molar-refractivity contribution in [2.24, 2.45) is 11.7 Å².